The molecule has 1 rings (SSSR count). The predicted octanol–water partition coefficient (Wildman–Crippen LogP) is 3.36. The topological polar surface area (TPSA) is 47.7 Å². The highest BCUT2D eigenvalue weighted by atomic mass is 16.5. The average molecular weight is 294 g/mol. The smallest absolute Gasteiger partial charge is 0.125 e. The van der Waals surface area contributed by atoms with E-state index in [1.807, 2.05) is 19.1 Å². The van der Waals surface area contributed by atoms with Crippen LogP contribution in [0.15, 0.2) is 18.2 Å². The van der Waals surface area contributed by atoms with Gasteiger partial charge in [-0.05, 0) is 31.9 Å². The van der Waals surface area contributed by atoms with Crippen molar-refractivity contribution in [1.29, 1.82) is 0 Å². The van der Waals surface area contributed by atoms with Gasteiger partial charge in [-0.2, -0.15) is 0 Å². The minimum atomic E-state index is -0.0736. The molecule has 0 fully saturated rings. The molecule has 0 heterocycles. The predicted molar refractivity (Wildman–Crippen MR) is 89.2 cm³/mol. The van der Waals surface area contributed by atoms with Gasteiger partial charge in [0.2, 0.25) is 0 Å². The van der Waals surface area contributed by atoms with Gasteiger partial charge < -0.3 is 20.1 Å². The molecule has 0 bridgehead atoms. The Morgan fingerprint density at radius 2 is 1.86 bits per heavy atom. The van der Waals surface area contributed by atoms with Gasteiger partial charge in [0.15, 0.2) is 0 Å². The fraction of sp³-hybridized carbons (Fsp3) is 0.647. The van der Waals surface area contributed by atoms with Crippen LogP contribution in [-0.4, -0.2) is 33.4 Å². The molecule has 21 heavy (non-hydrogen) atoms. The average Bonchev–Trinajstić information content (AvgIpc) is 2.50. The summed E-state index contributed by atoms with van der Waals surface area (Å²) in [7, 11) is 3.44. The molecule has 120 valence electrons. The highest BCUT2D eigenvalue weighted by molar-refractivity contribution is 5.61. The highest BCUT2D eigenvalue weighted by Gasteiger charge is 2.22. The Morgan fingerprint density at radius 3 is 2.33 bits per heavy atom. The fourth-order valence-electron chi connectivity index (χ4n) is 2.84. The van der Waals surface area contributed by atoms with Gasteiger partial charge in [0.25, 0.3) is 0 Å². The van der Waals surface area contributed by atoms with E-state index in [1.165, 1.54) is 0 Å². The Kier molecular flexibility index (Phi) is 7.54. The lowest BCUT2D eigenvalue weighted by atomic mass is 10.0. The zero-order valence-corrected chi connectivity index (χ0v) is 14.1. The van der Waals surface area contributed by atoms with Crippen LogP contribution in [0.5, 0.6) is 5.75 Å². The van der Waals surface area contributed by atoms with Gasteiger partial charge in [0, 0.05) is 37.0 Å². The normalized spacial score (nSPS) is 12.5. The number of nitrogens with two attached hydrogens (primary N) is 1. The van der Waals surface area contributed by atoms with Crippen LogP contribution in [0.2, 0.25) is 0 Å². The molecule has 1 atom stereocenters. The van der Waals surface area contributed by atoms with Gasteiger partial charge in [0.1, 0.15) is 5.75 Å². The number of hydrogen-bond donors (Lipinski definition) is 1. The standard InChI is InChI=1S/C17H30N2O2/c1-6-14(7-2)19(11-12-20-4)15-9-8-10-16(21-5)17(15)13(3)18/h8-10,13-14H,6-7,11-12,18H2,1-5H3/t13-/m1/s1. The largest absolute Gasteiger partial charge is 0.496 e. The summed E-state index contributed by atoms with van der Waals surface area (Å²) in [6.45, 7) is 8.00. The second kappa shape index (κ2) is 8.90. The van der Waals surface area contributed by atoms with Crippen molar-refractivity contribution in [3.8, 4) is 5.75 Å². The Bertz CT molecular complexity index is 417. The molecule has 1 aromatic carbocycles. The summed E-state index contributed by atoms with van der Waals surface area (Å²) in [5.41, 5.74) is 8.44. The van der Waals surface area contributed by atoms with Gasteiger partial charge in [-0.25, -0.2) is 0 Å². The lowest BCUT2D eigenvalue weighted by molar-refractivity contribution is 0.202. The first-order valence-corrected chi connectivity index (χ1v) is 7.78. The van der Waals surface area contributed by atoms with Crippen molar-refractivity contribution in [3.63, 3.8) is 0 Å². The van der Waals surface area contributed by atoms with Crippen molar-refractivity contribution in [3.05, 3.63) is 23.8 Å². The fourth-order valence-corrected chi connectivity index (χ4v) is 2.84. The maximum absolute atomic E-state index is 6.20. The van der Waals surface area contributed by atoms with Crippen LogP contribution < -0.4 is 15.4 Å². The number of rotatable bonds is 9. The van der Waals surface area contributed by atoms with E-state index in [9.17, 15) is 0 Å². The van der Waals surface area contributed by atoms with Crippen molar-refractivity contribution < 1.29 is 9.47 Å². The van der Waals surface area contributed by atoms with Crippen LogP contribution in [0.3, 0.4) is 0 Å². The van der Waals surface area contributed by atoms with Crippen molar-refractivity contribution in [2.24, 2.45) is 5.73 Å². The molecule has 0 radical (unpaired) electrons. The van der Waals surface area contributed by atoms with Crippen LogP contribution in [0, 0.1) is 0 Å². The first kappa shape index (κ1) is 17.8. The van der Waals surface area contributed by atoms with E-state index in [2.05, 4.69) is 24.8 Å². The number of nitrogens with zero attached hydrogens (tertiary/aromatic N) is 1. The lowest BCUT2D eigenvalue weighted by Gasteiger charge is -2.35. The molecule has 0 aliphatic heterocycles. The summed E-state index contributed by atoms with van der Waals surface area (Å²) < 4.78 is 10.8. The molecule has 0 aromatic heterocycles. The van der Waals surface area contributed by atoms with E-state index in [4.69, 9.17) is 15.2 Å². The zero-order valence-electron chi connectivity index (χ0n) is 14.1. The van der Waals surface area contributed by atoms with Crippen LogP contribution >= 0.6 is 0 Å². The molecule has 0 unspecified atom stereocenters. The molecular weight excluding hydrogens is 264 g/mol. The van der Waals surface area contributed by atoms with Gasteiger partial charge in [0.05, 0.1) is 13.7 Å². The van der Waals surface area contributed by atoms with Gasteiger partial charge in [-0.1, -0.05) is 19.9 Å². The van der Waals surface area contributed by atoms with E-state index in [1.54, 1.807) is 14.2 Å². The number of methoxy groups -OCH3 is 2. The minimum absolute atomic E-state index is 0.0736. The van der Waals surface area contributed by atoms with E-state index in [0.29, 0.717) is 12.6 Å². The van der Waals surface area contributed by atoms with Crippen molar-refractivity contribution in [2.45, 2.75) is 45.7 Å². The summed E-state index contributed by atoms with van der Waals surface area (Å²) in [4.78, 5) is 2.41. The molecule has 0 spiro atoms. The van der Waals surface area contributed by atoms with Crippen LogP contribution in [0.1, 0.15) is 45.2 Å². The second-order valence-electron chi connectivity index (χ2n) is 5.34. The maximum Gasteiger partial charge on any atom is 0.125 e. The third-order valence-electron chi connectivity index (χ3n) is 3.95. The third-order valence-corrected chi connectivity index (χ3v) is 3.95. The summed E-state index contributed by atoms with van der Waals surface area (Å²) in [5, 5.41) is 0. The molecule has 4 nitrogen and oxygen atoms in total. The molecule has 0 amide bonds. The Labute approximate surface area is 129 Å². The Hall–Kier alpha value is -1.26. The van der Waals surface area contributed by atoms with Gasteiger partial charge in [-0.3, -0.25) is 0 Å². The molecule has 0 aliphatic rings. The zero-order chi connectivity index (χ0) is 15.8. The molecule has 0 saturated carbocycles. The summed E-state index contributed by atoms with van der Waals surface area (Å²) in [5.74, 6) is 0.857. The lowest BCUT2D eigenvalue weighted by Crippen LogP contribution is -2.38. The van der Waals surface area contributed by atoms with Gasteiger partial charge >= 0.3 is 0 Å². The Balaban J connectivity index is 3.28. The van der Waals surface area contributed by atoms with Crippen molar-refractivity contribution in [2.75, 3.05) is 32.3 Å². The van der Waals surface area contributed by atoms with Crippen molar-refractivity contribution in [1.82, 2.24) is 0 Å². The first-order chi connectivity index (χ1) is 10.1. The SMILES string of the molecule is CCC(CC)N(CCOC)c1cccc(OC)c1[C@@H](C)N. The number of ether oxygens (including phenoxy) is 2. The second-order valence-corrected chi connectivity index (χ2v) is 5.34. The summed E-state index contributed by atoms with van der Waals surface area (Å²) in [6.07, 6.45) is 2.19. The Morgan fingerprint density at radius 1 is 1.19 bits per heavy atom. The van der Waals surface area contributed by atoms with Crippen LogP contribution in [0.25, 0.3) is 0 Å². The number of hydrogen-bond acceptors (Lipinski definition) is 4. The molecule has 1 aromatic rings. The van der Waals surface area contributed by atoms with Crippen LogP contribution in [0.4, 0.5) is 5.69 Å². The number of anilines is 1. The molecule has 2 N–H and O–H groups in total. The van der Waals surface area contributed by atoms with Crippen molar-refractivity contribution >= 4 is 5.69 Å². The first-order valence-electron chi connectivity index (χ1n) is 7.78. The monoisotopic (exact) mass is 294 g/mol. The number of benzene rings is 1. The molecule has 0 saturated heterocycles. The van der Waals surface area contributed by atoms with E-state index < -0.39 is 0 Å². The third kappa shape index (κ3) is 4.35. The quantitative estimate of drug-likeness (QED) is 0.758. The summed E-state index contributed by atoms with van der Waals surface area (Å²) in [6, 6.07) is 6.54. The van der Waals surface area contributed by atoms with E-state index >= 15 is 0 Å². The molecular formula is C17H30N2O2. The molecule has 0 aliphatic carbocycles. The van der Waals surface area contributed by atoms with Crippen LogP contribution in [-0.2, 0) is 4.74 Å². The van der Waals surface area contributed by atoms with E-state index in [0.717, 1.165) is 36.4 Å². The molecule has 4 heteroatoms. The van der Waals surface area contributed by atoms with Gasteiger partial charge in [-0.15, -0.1) is 0 Å². The maximum atomic E-state index is 6.20. The van der Waals surface area contributed by atoms with E-state index in [-0.39, 0.29) is 6.04 Å². The highest BCUT2D eigenvalue weighted by Crippen LogP contribution is 2.35. The summed E-state index contributed by atoms with van der Waals surface area (Å²) >= 11 is 0. The minimum Gasteiger partial charge on any atom is -0.496 e.